The molecule has 1 aromatic carbocycles. The van der Waals surface area contributed by atoms with Gasteiger partial charge in [0.25, 0.3) is 0 Å². The van der Waals surface area contributed by atoms with E-state index in [-0.39, 0.29) is 18.0 Å². The average molecular weight is 327 g/mol. The van der Waals surface area contributed by atoms with Crippen molar-refractivity contribution >= 4 is 21.7 Å². The van der Waals surface area contributed by atoms with Gasteiger partial charge in [0.1, 0.15) is 11.9 Å². The summed E-state index contributed by atoms with van der Waals surface area (Å²) in [5, 5.41) is 0. The highest BCUT2D eigenvalue weighted by molar-refractivity contribution is 9.10. The van der Waals surface area contributed by atoms with Gasteiger partial charge in [-0.15, -0.1) is 0 Å². The molecule has 1 aliphatic heterocycles. The Hall–Kier alpha value is -0.870. The fourth-order valence-electron chi connectivity index (χ4n) is 2.16. The summed E-state index contributed by atoms with van der Waals surface area (Å²) in [5.74, 6) is 0.839. The van der Waals surface area contributed by atoms with E-state index in [1.165, 1.54) is 0 Å². The Morgan fingerprint density at radius 3 is 2.84 bits per heavy atom. The van der Waals surface area contributed by atoms with E-state index in [0.717, 1.165) is 29.5 Å². The molecule has 0 bridgehead atoms. The zero-order valence-corrected chi connectivity index (χ0v) is 12.9. The average Bonchev–Trinajstić information content (AvgIpc) is 2.83. The minimum atomic E-state index is -0.288. The third kappa shape index (κ3) is 3.57. The number of hydrogen-bond acceptors (Lipinski definition) is 3. The minimum absolute atomic E-state index is 0.0621. The Labute approximate surface area is 122 Å². The molecule has 0 aromatic heterocycles. The quantitative estimate of drug-likeness (QED) is 0.767. The van der Waals surface area contributed by atoms with E-state index < -0.39 is 0 Å². The first kappa shape index (κ1) is 14.5. The largest absolute Gasteiger partial charge is 0.492 e. The summed E-state index contributed by atoms with van der Waals surface area (Å²) in [4.78, 5) is 12.3. The highest BCUT2D eigenvalue weighted by atomic mass is 79.9. The standard InChI is InChI=1S/C15H19BrO3/c1-3-8-18-13-7-5-11(9-12(13)16)15(17)14-6-4-10(2)19-14/h5,7,9-10,14H,3-4,6,8H2,1-2H3. The molecule has 3 nitrogen and oxygen atoms in total. The number of carbonyl (C=O) groups is 1. The Kier molecular flexibility index (Phi) is 4.99. The number of ketones is 1. The van der Waals surface area contributed by atoms with Crippen LogP contribution in [0.2, 0.25) is 0 Å². The first-order valence-electron chi connectivity index (χ1n) is 6.73. The summed E-state index contributed by atoms with van der Waals surface area (Å²) in [6.07, 6.45) is 2.62. The van der Waals surface area contributed by atoms with Crippen molar-refractivity contribution < 1.29 is 14.3 Å². The third-order valence-corrected chi connectivity index (χ3v) is 3.82. The number of hydrogen-bond donors (Lipinski definition) is 0. The number of rotatable bonds is 5. The van der Waals surface area contributed by atoms with Crippen LogP contribution in [0.5, 0.6) is 5.75 Å². The van der Waals surface area contributed by atoms with Crippen LogP contribution in [-0.4, -0.2) is 24.6 Å². The maximum Gasteiger partial charge on any atom is 0.191 e. The molecular weight excluding hydrogens is 308 g/mol. The van der Waals surface area contributed by atoms with Gasteiger partial charge in [-0.2, -0.15) is 0 Å². The second-order valence-electron chi connectivity index (χ2n) is 4.87. The van der Waals surface area contributed by atoms with Crippen LogP contribution in [-0.2, 0) is 4.74 Å². The normalized spacial score (nSPS) is 22.5. The number of Topliss-reactive ketones (excluding diaryl/α,β-unsaturated/α-hetero) is 1. The highest BCUT2D eigenvalue weighted by Gasteiger charge is 2.29. The topological polar surface area (TPSA) is 35.5 Å². The lowest BCUT2D eigenvalue weighted by Crippen LogP contribution is -2.20. The zero-order chi connectivity index (χ0) is 13.8. The van der Waals surface area contributed by atoms with Crippen molar-refractivity contribution in [1.29, 1.82) is 0 Å². The van der Waals surface area contributed by atoms with Crippen LogP contribution in [0.25, 0.3) is 0 Å². The van der Waals surface area contributed by atoms with Gasteiger partial charge in [0, 0.05) is 5.56 Å². The van der Waals surface area contributed by atoms with Gasteiger partial charge in [-0.05, 0) is 60.3 Å². The third-order valence-electron chi connectivity index (χ3n) is 3.20. The molecule has 2 atom stereocenters. The molecule has 1 saturated heterocycles. The molecule has 0 N–H and O–H groups in total. The van der Waals surface area contributed by atoms with E-state index in [0.29, 0.717) is 12.2 Å². The number of ether oxygens (including phenoxy) is 2. The van der Waals surface area contributed by atoms with Gasteiger partial charge < -0.3 is 9.47 Å². The molecular formula is C15H19BrO3. The summed E-state index contributed by atoms with van der Waals surface area (Å²) < 4.78 is 12.0. The minimum Gasteiger partial charge on any atom is -0.492 e. The summed E-state index contributed by atoms with van der Waals surface area (Å²) in [6.45, 7) is 4.74. The van der Waals surface area contributed by atoms with Gasteiger partial charge in [-0.3, -0.25) is 4.79 Å². The van der Waals surface area contributed by atoms with E-state index >= 15 is 0 Å². The first-order valence-corrected chi connectivity index (χ1v) is 7.53. The van der Waals surface area contributed by atoms with E-state index in [1.54, 1.807) is 0 Å². The Morgan fingerprint density at radius 2 is 2.26 bits per heavy atom. The molecule has 1 fully saturated rings. The molecule has 1 heterocycles. The second kappa shape index (κ2) is 6.53. The number of halogens is 1. The van der Waals surface area contributed by atoms with E-state index in [2.05, 4.69) is 22.9 Å². The van der Waals surface area contributed by atoms with Crippen molar-refractivity contribution in [3.8, 4) is 5.75 Å². The van der Waals surface area contributed by atoms with Gasteiger partial charge in [0.2, 0.25) is 0 Å². The lowest BCUT2D eigenvalue weighted by Gasteiger charge is -2.12. The molecule has 0 aliphatic carbocycles. The molecule has 0 spiro atoms. The lowest BCUT2D eigenvalue weighted by molar-refractivity contribution is 0.0433. The van der Waals surface area contributed by atoms with Gasteiger partial charge in [0.15, 0.2) is 5.78 Å². The first-order chi connectivity index (χ1) is 9.11. The summed E-state index contributed by atoms with van der Waals surface area (Å²) in [7, 11) is 0. The van der Waals surface area contributed by atoms with Crippen LogP contribution in [0, 0.1) is 0 Å². The van der Waals surface area contributed by atoms with Crippen molar-refractivity contribution in [3.05, 3.63) is 28.2 Å². The molecule has 2 rings (SSSR count). The second-order valence-corrected chi connectivity index (χ2v) is 5.72. The molecule has 19 heavy (non-hydrogen) atoms. The van der Waals surface area contributed by atoms with Crippen molar-refractivity contribution in [1.82, 2.24) is 0 Å². The molecule has 104 valence electrons. The molecule has 0 radical (unpaired) electrons. The summed E-state index contributed by atoms with van der Waals surface area (Å²) in [6, 6.07) is 5.47. The van der Waals surface area contributed by atoms with Crippen LogP contribution in [0.3, 0.4) is 0 Å². The zero-order valence-electron chi connectivity index (χ0n) is 11.3. The maximum absolute atomic E-state index is 12.3. The maximum atomic E-state index is 12.3. The highest BCUT2D eigenvalue weighted by Crippen LogP contribution is 2.29. The predicted octanol–water partition coefficient (Wildman–Crippen LogP) is 3.99. The molecule has 1 aliphatic rings. The number of benzene rings is 1. The van der Waals surface area contributed by atoms with Gasteiger partial charge >= 0.3 is 0 Å². The van der Waals surface area contributed by atoms with Crippen LogP contribution in [0.4, 0.5) is 0 Å². The lowest BCUT2D eigenvalue weighted by atomic mass is 10.0. The summed E-state index contributed by atoms with van der Waals surface area (Å²) in [5.41, 5.74) is 0.676. The molecule has 0 amide bonds. The molecule has 2 unspecified atom stereocenters. The van der Waals surface area contributed by atoms with Gasteiger partial charge in [0.05, 0.1) is 17.2 Å². The van der Waals surface area contributed by atoms with Gasteiger partial charge in [-0.1, -0.05) is 6.92 Å². The smallest absolute Gasteiger partial charge is 0.191 e. The monoisotopic (exact) mass is 326 g/mol. The Bertz CT molecular complexity index is 459. The summed E-state index contributed by atoms with van der Waals surface area (Å²) >= 11 is 3.45. The molecule has 4 heteroatoms. The van der Waals surface area contributed by atoms with Crippen LogP contribution in [0.15, 0.2) is 22.7 Å². The van der Waals surface area contributed by atoms with Crippen molar-refractivity contribution in [2.75, 3.05) is 6.61 Å². The Balaban J connectivity index is 2.08. The Morgan fingerprint density at radius 1 is 1.47 bits per heavy atom. The van der Waals surface area contributed by atoms with Crippen molar-refractivity contribution in [2.45, 2.75) is 45.3 Å². The predicted molar refractivity (Wildman–Crippen MR) is 77.8 cm³/mol. The van der Waals surface area contributed by atoms with E-state index in [4.69, 9.17) is 9.47 Å². The van der Waals surface area contributed by atoms with E-state index in [1.807, 2.05) is 25.1 Å². The van der Waals surface area contributed by atoms with Crippen LogP contribution in [0.1, 0.15) is 43.5 Å². The van der Waals surface area contributed by atoms with Crippen molar-refractivity contribution in [2.24, 2.45) is 0 Å². The van der Waals surface area contributed by atoms with Crippen molar-refractivity contribution in [3.63, 3.8) is 0 Å². The SMILES string of the molecule is CCCOc1ccc(C(=O)C2CCC(C)O2)cc1Br. The van der Waals surface area contributed by atoms with Crippen LogP contribution < -0.4 is 4.74 Å². The van der Waals surface area contributed by atoms with Gasteiger partial charge in [-0.25, -0.2) is 0 Å². The van der Waals surface area contributed by atoms with E-state index in [9.17, 15) is 4.79 Å². The fourth-order valence-corrected chi connectivity index (χ4v) is 2.66. The molecule has 1 aromatic rings. The number of carbonyl (C=O) groups excluding carboxylic acids is 1. The van der Waals surface area contributed by atoms with Crippen LogP contribution >= 0.6 is 15.9 Å². The molecule has 0 saturated carbocycles. The fraction of sp³-hybridized carbons (Fsp3) is 0.533.